The van der Waals surface area contributed by atoms with Crippen molar-refractivity contribution in [2.24, 2.45) is 22.7 Å². The van der Waals surface area contributed by atoms with Crippen LogP contribution in [0.2, 0.25) is 0 Å². The zero-order valence-electron chi connectivity index (χ0n) is 12.1. The van der Waals surface area contributed by atoms with Crippen LogP contribution in [-0.2, 0) is 4.79 Å². The molecule has 1 heteroatoms. The van der Waals surface area contributed by atoms with E-state index in [0.717, 1.165) is 24.7 Å². The van der Waals surface area contributed by atoms with Gasteiger partial charge in [-0.15, -0.1) is 0 Å². The van der Waals surface area contributed by atoms with Gasteiger partial charge in [0.25, 0.3) is 0 Å². The molecule has 3 aliphatic carbocycles. The first-order valence-electron chi connectivity index (χ1n) is 7.68. The Morgan fingerprint density at radius 2 is 1.89 bits per heavy atom. The smallest absolute Gasteiger partial charge is 0.155 e. The van der Waals surface area contributed by atoms with E-state index in [1.54, 1.807) is 0 Å². The van der Waals surface area contributed by atoms with E-state index in [-0.39, 0.29) is 0 Å². The molecule has 2 fully saturated rings. The van der Waals surface area contributed by atoms with Crippen LogP contribution in [0.1, 0.15) is 65.7 Å². The monoisotopic (exact) mass is 246 g/mol. The lowest BCUT2D eigenvalue weighted by atomic mass is 9.47. The van der Waals surface area contributed by atoms with Gasteiger partial charge in [0.15, 0.2) is 5.78 Å². The third-order valence-electron chi connectivity index (χ3n) is 6.19. The molecule has 0 radical (unpaired) electrons. The van der Waals surface area contributed by atoms with Gasteiger partial charge in [-0.25, -0.2) is 0 Å². The standard InChI is InChI=1S/C17H26O/c1-16(2)9-4-10-17(3)14-11-13(18)7-5-12(14)6-8-15(16)17/h11-12,15H,4-10H2,1-3H3/t12-,15+,17-/m1/s1. The molecule has 18 heavy (non-hydrogen) atoms. The topological polar surface area (TPSA) is 17.1 Å². The van der Waals surface area contributed by atoms with Crippen molar-refractivity contribution in [3.63, 3.8) is 0 Å². The highest BCUT2D eigenvalue weighted by Gasteiger charge is 2.52. The Kier molecular flexibility index (Phi) is 2.73. The third kappa shape index (κ3) is 1.70. The van der Waals surface area contributed by atoms with Gasteiger partial charge >= 0.3 is 0 Å². The third-order valence-corrected chi connectivity index (χ3v) is 6.19. The molecule has 0 aromatic carbocycles. The SMILES string of the molecule is CC1(C)CCC[C@]2(C)C3=CC(=O)CC[C@@H]3CC[C@@H]12. The summed E-state index contributed by atoms with van der Waals surface area (Å²) < 4.78 is 0. The Hall–Kier alpha value is -0.590. The van der Waals surface area contributed by atoms with Crippen molar-refractivity contribution in [2.45, 2.75) is 65.7 Å². The fourth-order valence-electron chi connectivity index (χ4n) is 5.31. The molecule has 0 N–H and O–H groups in total. The minimum atomic E-state index is 0.320. The maximum atomic E-state index is 11.8. The summed E-state index contributed by atoms with van der Waals surface area (Å²) in [5.74, 6) is 1.89. The molecule has 3 rings (SSSR count). The Morgan fingerprint density at radius 1 is 1.11 bits per heavy atom. The van der Waals surface area contributed by atoms with Gasteiger partial charge < -0.3 is 0 Å². The molecule has 0 aliphatic heterocycles. The van der Waals surface area contributed by atoms with Crippen molar-refractivity contribution in [3.8, 4) is 0 Å². The molecular weight excluding hydrogens is 220 g/mol. The summed E-state index contributed by atoms with van der Waals surface area (Å²) in [6, 6.07) is 0. The molecule has 0 saturated heterocycles. The van der Waals surface area contributed by atoms with E-state index in [1.807, 2.05) is 6.08 Å². The predicted molar refractivity (Wildman–Crippen MR) is 74.3 cm³/mol. The van der Waals surface area contributed by atoms with Crippen LogP contribution in [0.4, 0.5) is 0 Å². The Balaban J connectivity index is 2.03. The maximum absolute atomic E-state index is 11.8. The van der Waals surface area contributed by atoms with Crippen molar-refractivity contribution in [3.05, 3.63) is 11.6 Å². The molecule has 0 aromatic rings. The van der Waals surface area contributed by atoms with E-state index in [4.69, 9.17) is 0 Å². The van der Waals surface area contributed by atoms with Crippen LogP contribution in [0.3, 0.4) is 0 Å². The van der Waals surface area contributed by atoms with Crippen LogP contribution < -0.4 is 0 Å². The van der Waals surface area contributed by atoms with E-state index in [9.17, 15) is 4.79 Å². The first-order chi connectivity index (χ1) is 8.43. The lowest BCUT2D eigenvalue weighted by molar-refractivity contribution is -0.116. The summed E-state index contributed by atoms with van der Waals surface area (Å²) in [5.41, 5.74) is 2.31. The van der Waals surface area contributed by atoms with Gasteiger partial charge in [-0.2, -0.15) is 0 Å². The van der Waals surface area contributed by atoms with Crippen molar-refractivity contribution < 1.29 is 4.79 Å². The summed E-state index contributed by atoms with van der Waals surface area (Å²) in [6.07, 6.45) is 10.6. The lowest BCUT2D eigenvalue weighted by Crippen LogP contribution is -2.48. The summed E-state index contributed by atoms with van der Waals surface area (Å²) in [7, 11) is 0. The Labute approximate surface area is 111 Å². The number of hydrogen-bond acceptors (Lipinski definition) is 1. The van der Waals surface area contributed by atoms with Crippen LogP contribution in [0, 0.1) is 22.7 Å². The lowest BCUT2D eigenvalue weighted by Gasteiger charge is -2.57. The van der Waals surface area contributed by atoms with E-state index >= 15 is 0 Å². The van der Waals surface area contributed by atoms with Gasteiger partial charge in [0.05, 0.1) is 0 Å². The minimum Gasteiger partial charge on any atom is -0.295 e. The molecule has 0 amide bonds. The number of allylic oxidation sites excluding steroid dienone is 2. The Bertz CT molecular complexity index is 404. The predicted octanol–water partition coefficient (Wildman–Crippen LogP) is 4.52. The minimum absolute atomic E-state index is 0.320. The fraction of sp³-hybridized carbons (Fsp3) is 0.824. The second kappa shape index (κ2) is 3.95. The zero-order chi connectivity index (χ0) is 13.0. The summed E-state index contributed by atoms with van der Waals surface area (Å²) in [5, 5.41) is 0. The molecule has 3 atom stereocenters. The van der Waals surface area contributed by atoms with E-state index < -0.39 is 0 Å². The number of hydrogen-bond donors (Lipinski definition) is 0. The van der Waals surface area contributed by atoms with Gasteiger partial charge in [0.2, 0.25) is 0 Å². The van der Waals surface area contributed by atoms with E-state index in [2.05, 4.69) is 20.8 Å². The van der Waals surface area contributed by atoms with Gasteiger partial charge in [0, 0.05) is 6.42 Å². The van der Waals surface area contributed by atoms with Crippen molar-refractivity contribution in [2.75, 3.05) is 0 Å². The Morgan fingerprint density at radius 3 is 2.67 bits per heavy atom. The molecule has 0 bridgehead atoms. The van der Waals surface area contributed by atoms with Gasteiger partial charge in [-0.05, 0) is 60.8 Å². The second-order valence-corrected chi connectivity index (χ2v) is 7.69. The second-order valence-electron chi connectivity index (χ2n) is 7.69. The molecule has 100 valence electrons. The molecule has 0 unspecified atom stereocenters. The first-order valence-corrected chi connectivity index (χ1v) is 7.68. The molecule has 3 aliphatic rings. The summed E-state index contributed by atoms with van der Waals surface area (Å²) in [4.78, 5) is 11.8. The first kappa shape index (κ1) is 12.4. The molecule has 1 nitrogen and oxygen atoms in total. The van der Waals surface area contributed by atoms with Crippen LogP contribution in [0.25, 0.3) is 0 Å². The summed E-state index contributed by atoms with van der Waals surface area (Å²) >= 11 is 0. The van der Waals surface area contributed by atoms with Crippen LogP contribution in [-0.4, -0.2) is 5.78 Å². The average molecular weight is 246 g/mol. The largest absolute Gasteiger partial charge is 0.295 e. The van der Waals surface area contributed by atoms with Crippen molar-refractivity contribution in [1.29, 1.82) is 0 Å². The highest BCUT2D eigenvalue weighted by atomic mass is 16.1. The zero-order valence-corrected chi connectivity index (χ0v) is 12.1. The van der Waals surface area contributed by atoms with Gasteiger partial charge in [-0.1, -0.05) is 32.8 Å². The molecule has 0 heterocycles. The molecule has 0 aromatic heterocycles. The highest BCUT2D eigenvalue weighted by molar-refractivity contribution is 5.91. The van der Waals surface area contributed by atoms with Crippen LogP contribution >= 0.6 is 0 Å². The number of rotatable bonds is 0. The van der Waals surface area contributed by atoms with Crippen molar-refractivity contribution in [1.82, 2.24) is 0 Å². The normalized spacial score (nSPS) is 42.8. The number of carbonyl (C=O) groups is 1. The number of carbonyl (C=O) groups excluding carboxylic acids is 1. The molecule has 0 spiro atoms. The summed E-state index contributed by atoms with van der Waals surface area (Å²) in [6.45, 7) is 7.34. The van der Waals surface area contributed by atoms with Crippen LogP contribution in [0.5, 0.6) is 0 Å². The molecule has 2 saturated carbocycles. The maximum Gasteiger partial charge on any atom is 0.155 e. The van der Waals surface area contributed by atoms with Crippen LogP contribution in [0.15, 0.2) is 11.6 Å². The van der Waals surface area contributed by atoms with E-state index in [1.165, 1.54) is 37.7 Å². The van der Waals surface area contributed by atoms with Gasteiger partial charge in [-0.3, -0.25) is 4.79 Å². The van der Waals surface area contributed by atoms with E-state index in [0.29, 0.717) is 16.6 Å². The van der Waals surface area contributed by atoms with Crippen molar-refractivity contribution >= 4 is 5.78 Å². The highest BCUT2D eigenvalue weighted by Crippen LogP contribution is 2.61. The van der Waals surface area contributed by atoms with Gasteiger partial charge in [0.1, 0.15) is 0 Å². The fourth-order valence-corrected chi connectivity index (χ4v) is 5.31. The number of fused-ring (bicyclic) bond motifs is 3. The molecular formula is C17H26O. The average Bonchev–Trinajstić information content (AvgIpc) is 2.29. The quantitative estimate of drug-likeness (QED) is 0.614. The number of ketones is 1.